The maximum atomic E-state index is 11.3. The third-order valence-corrected chi connectivity index (χ3v) is 3.97. The SMILES string of the molecule is Cc1cc2cc(C=O)c(N3CCCC3)nc2cc1C. The zero-order valence-electron chi connectivity index (χ0n) is 11.4. The highest BCUT2D eigenvalue weighted by molar-refractivity contribution is 5.92. The molecule has 0 N–H and O–H groups in total. The smallest absolute Gasteiger partial charge is 0.153 e. The van der Waals surface area contributed by atoms with Crippen molar-refractivity contribution in [2.45, 2.75) is 26.7 Å². The zero-order chi connectivity index (χ0) is 13.4. The molecule has 1 aliphatic heterocycles. The summed E-state index contributed by atoms with van der Waals surface area (Å²) in [6.07, 6.45) is 3.30. The second kappa shape index (κ2) is 4.65. The van der Waals surface area contributed by atoms with E-state index >= 15 is 0 Å². The number of aryl methyl sites for hydroxylation is 2. The van der Waals surface area contributed by atoms with Gasteiger partial charge in [-0.25, -0.2) is 4.98 Å². The summed E-state index contributed by atoms with van der Waals surface area (Å²) in [4.78, 5) is 18.3. The van der Waals surface area contributed by atoms with Crippen molar-refractivity contribution >= 4 is 23.0 Å². The second-order valence-electron chi connectivity index (χ2n) is 5.34. The molecule has 1 aliphatic rings. The van der Waals surface area contributed by atoms with E-state index in [2.05, 4.69) is 30.9 Å². The molecule has 2 heterocycles. The van der Waals surface area contributed by atoms with Gasteiger partial charge in [0.15, 0.2) is 6.29 Å². The van der Waals surface area contributed by atoms with E-state index in [1.165, 1.54) is 24.0 Å². The van der Waals surface area contributed by atoms with Gasteiger partial charge in [0.05, 0.1) is 11.1 Å². The van der Waals surface area contributed by atoms with Gasteiger partial charge >= 0.3 is 0 Å². The minimum absolute atomic E-state index is 0.706. The lowest BCUT2D eigenvalue weighted by Gasteiger charge is -2.19. The standard InChI is InChI=1S/C16H18N2O/c1-11-7-13-9-14(10-19)16(18-5-3-4-6-18)17-15(13)8-12(11)2/h7-10H,3-6H2,1-2H3. The molecular formula is C16H18N2O. The molecule has 0 saturated carbocycles. The summed E-state index contributed by atoms with van der Waals surface area (Å²) >= 11 is 0. The molecule has 3 heteroatoms. The van der Waals surface area contributed by atoms with E-state index < -0.39 is 0 Å². The number of hydrogen-bond acceptors (Lipinski definition) is 3. The second-order valence-corrected chi connectivity index (χ2v) is 5.34. The zero-order valence-corrected chi connectivity index (χ0v) is 11.4. The van der Waals surface area contributed by atoms with Crippen LogP contribution in [0, 0.1) is 13.8 Å². The van der Waals surface area contributed by atoms with Gasteiger partial charge in [0.25, 0.3) is 0 Å². The molecule has 0 atom stereocenters. The number of nitrogens with zero attached hydrogens (tertiary/aromatic N) is 2. The van der Waals surface area contributed by atoms with E-state index in [1.807, 2.05) is 6.07 Å². The third kappa shape index (κ3) is 2.09. The highest BCUT2D eigenvalue weighted by Gasteiger charge is 2.18. The fraction of sp³-hybridized carbons (Fsp3) is 0.375. The summed E-state index contributed by atoms with van der Waals surface area (Å²) in [5.74, 6) is 0.850. The Hall–Kier alpha value is -1.90. The van der Waals surface area contributed by atoms with Crippen molar-refractivity contribution in [1.29, 1.82) is 0 Å². The summed E-state index contributed by atoms with van der Waals surface area (Å²) in [5, 5.41) is 1.05. The summed E-state index contributed by atoms with van der Waals surface area (Å²) in [6.45, 7) is 6.19. The van der Waals surface area contributed by atoms with Gasteiger partial charge in [-0.3, -0.25) is 4.79 Å². The van der Waals surface area contributed by atoms with Crippen LogP contribution >= 0.6 is 0 Å². The van der Waals surface area contributed by atoms with Crippen LogP contribution in [0.15, 0.2) is 18.2 Å². The lowest BCUT2D eigenvalue weighted by atomic mass is 10.0. The van der Waals surface area contributed by atoms with Crippen molar-refractivity contribution in [3.8, 4) is 0 Å². The highest BCUT2D eigenvalue weighted by Crippen LogP contribution is 2.27. The number of carbonyl (C=O) groups is 1. The van der Waals surface area contributed by atoms with Gasteiger partial charge in [-0.1, -0.05) is 0 Å². The summed E-state index contributed by atoms with van der Waals surface area (Å²) in [6, 6.07) is 6.19. The predicted octanol–water partition coefficient (Wildman–Crippen LogP) is 3.26. The van der Waals surface area contributed by atoms with Gasteiger partial charge in [-0.15, -0.1) is 0 Å². The van der Waals surface area contributed by atoms with E-state index in [-0.39, 0.29) is 0 Å². The fourth-order valence-corrected chi connectivity index (χ4v) is 2.72. The lowest BCUT2D eigenvalue weighted by molar-refractivity contribution is 0.112. The van der Waals surface area contributed by atoms with Gasteiger partial charge in [-0.05, 0) is 56.0 Å². The fourth-order valence-electron chi connectivity index (χ4n) is 2.72. The van der Waals surface area contributed by atoms with Crippen LogP contribution in [0.3, 0.4) is 0 Å². The van der Waals surface area contributed by atoms with Crippen molar-refractivity contribution in [2.24, 2.45) is 0 Å². The first-order chi connectivity index (χ1) is 9.19. The van der Waals surface area contributed by atoms with Gasteiger partial charge in [-0.2, -0.15) is 0 Å². The number of carbonyl (C=O) groups excluding carboxylic acids is 1. The van der Waals surface area contributed by atoms with Crippen LogP contribution in [-0.2, 0) is 0 Å². The van der Waals surface area contributed by atoms with Crippen LogP contribution in [-0.4, -0.2) is 24.4 Å². The Morgan fingerprint density at radius 2 is 1.79 bits per heavy atom. The number of hydrogen-bond donors (Lipinski definition) is 0. The average molecular weight is 254 g/mol. The first-order valence-corrected chi connectivity index (χ1v) is 6.81. The van der Waals surface area contributed by atoms with E-state index in [0.29, 0.717) is 5.56 Å². The van der Waals surface area contributed by atoms with E-state index in [1.54, 1.807) is 0 Å². The van der Waals surface area contributed by atoms with Crippen molar-refractivity contribution in [3.63, 3.8) is 0 Å². The summed E-state index contributed by atoms with van der Waals surface area (Å²) in [5.41, 5.74) is 4.17. The van der Waals surface area contributed by atoms with Crippen molar-refractivity contribution < 1.29 is 4.79 Å². The Morgan fingerprint density at radius 1 is 1.11 bits per heavy atom. The molecule has 3 rings (SSSR count). The van der Waals surface area contributed by atoms with Gasteiger partial charge in [0.1, 0.15) is 5.82 Å². The number of rotatable bonds is 2. The number of aromatic nitrogens is 1. The maximum absolute atomic E-state index is 11.3. The number of anilines is 1. The first kappa shape index (κ1) is 12.2. The molecule has 0 radical (unpaired) electrons. The minimum atomic E-state index is 0.706. The van der Waals surface area contributed by atoms with E-state index in [4.69, 9.17) is 4.98 Å². The monoisotopic (exact) mass is 254 g/mol. The number of benzene rings is 1. The van der Waals surface area contributed by atoms with E-state index in [9.17, 15) is 4.79 Å². The van der Waals surface area contributed by atoms with Crippen molar-refractivity contribution in [1.82, 2.24) is 4.98 Å². The van der Waals surface area contributed by atoms with Crippen LogP contribution in [0.5, 0.6) is 0 Å². The number of pyridine rings is 1. The van der Waals surface area contributed by atoms with Gasteiger partial charge in [0, 0.05) is 18.5 Å². The molecule has 1 aromatic heterocycles. The minimum Gasteiger partial charge on any atom is -0.356 e. The Balaban J connectivity index is 2.20. The molecule has 1 aromatic carbocycles. The number of aldehydes is 1. The van der Waals surface area contributed by atoms with Crippen LogP contribution in [0.25, 0.3) is 10.9 Å². The normalized spacial score (nSPS) is 15.2. The van der Waals surface area contributed by atoms with Crippen LogP contribution in [0.4, 0.5) is 5.82 Å². The Labute approximate surface area is 113 Å². The van der Waals surface area contributed by atoms with Gasteiger partial charge < -0.3 is 4.90 Å². The van der Waals surface area contributed by atoms with Crippen LogP contribution in [0.1, 0.15) is 34.3 Å². The molecule has 0 spiro atoms. The van der Waals surface area contributed by atoms with E-state index in [0.717, 1.165) is 36.1 Å². The quantitative estimate of drug-likeness (QED) is 0.771. The molecule has 2 aromatic rings. The third-order valence-electron chi connectivity index (χ3n) is 3.97. The van der Waals surface area contributed by atoms with Gasteiger partial charge in [0.2, 0.25) is 0 Å². The molecule has 3 nitrogen and oxygen atoms in total. The highest BCUT2D eigenvalue weighted by atomic mass is 16.1. The molecule has 98 valence electrons. The molecule has 1 fully saturated rings. The molecule has 0 unspecified atom stereocenters. The molecule has 0 aliphatic carbocycles. The largest absolute Gasteiger partial charge is 0.356 e. The maximum Gasteiger partial charge on any atom is 0.153 e. The van der Waals surface area contributed by atoms with Crippen molar-refractivity contribution in [2.75, 3.05) is 18.0 Å². The Kier molecular flexibility index (Phi) is 2.97. The molecule has 19 heavy (non-hydrogen) atoms. The van der Waals surface area contributed by atoms with Crippen molar-refractivity contribution in [3.05, 3.63) is 34.9 Å². The first-order valence-electron chi connectivity index (χ1n) is 6.81. The summed E-state index contributed by atoms with van der Waals surface area (Å²) in [7, 11) is 0. The molecule has 0 bridgehead atoms. The summed E-state index contributed by atoms with van der Waals surface area (Å²) < 4.78 is 0. The molecule has 0 amide bonds. The molecule has 1 saturated heterocycles. The number of fused-ring (bicyclic) bond motifs is 1. The Bertz CT molecular complexity index is 643. The topological polar surface area (TPSA) is 33.2 Å². The Morgan fingerprint density at radius 3 is 2.47 bits per heavy atom. The lowest BCUT2D eigenvalue weighted by Crippen LogP contribution is -2.20. The van der Waals surface area contributed by atoms with Crippen LogP contribution < -0.4 is 4.90 Å². The molecular weight excluding hydrogens is 236 g/mol. The van der Waals surface area contributed by atoms with Crippen LogP contribution in [0.2, 0.25) is 0 Å². The average Bonchev–Trinajstić information content (AvgIpc) is 2.92. The predicted molar refractivity (Wildman–Crippen MR) is 78.1 cm³/mol.